The Labute approximate surface area is 156 Å². The molecule has 2 fully saturated rings. The van der Waals surface area contributed by atoms with Crippen molar-refractivity contribution in [2.45, 2.75) is 37.6 Å². The highest BCUT2D eigenvalue weighted by Gasteiger charge is 2.44. The van der Waals surface area contributed by atoms with Gasteiger partial charge < -0.3 is 14.8 Å². The monoisotopic (exact) mass is 367 g/mol. The topological polar surface area (TPSA) is 95.7 Å². The molecule has 1 spiro atoms. The molecular weight excluding hydrogens is 346 g/mol. The number of benzene rings is 2. The Bertz CT molecular complexity index is 875. The van der Waals surface area contributed by atoms with Crippen molar-refractivity contribution in [1.29, 1.82) is 0 Å². The number of ether oxygens (including phenoxy) is 2. The van der Waals surface area contributed by atoms with Gasteiger partial charge in [-0.05, 0) is 42.7 Å². The molecule has 8 nitrogen and oxygen atoms in total. The van der Waals surface area contributed by atoms with E-state index in [1.54, 1.807) is 6.07 Å². The Morgan fingerprint density at radius 3 is 2.59 bits per heavy atom. The molecule has 8 heteroatoms. The Balaban J connectivity index is 1.31. The number of fused-ring (bicyclic) bond motifs is 1. The van der Waals surface area contributed by atoms with E-state index in [1.165, 1.54) is 0 Å². The third-order valence-electron chi connectivity index (χ3n) is 5.14. The molecular formula is C19H21N5O3. The molecule has 2 aliphatic heterocycles. The van der Waals surface area contributed by atoms with E-state index in [1.807, 2.05) is 36.4 Å². The summed E-state index contributed by atoms with van der Waals surface area (Å²) in [6.45, 7) is 0. The van der Waals surface area contributed by atoms with Gasteiger partial charge in [0.15, 0.2) is 11.5 Å². The highest BCUT2D eigenvalue weighted by Crippen LogP contribution is 2.47. The van der Waals surface area contributed by atoms with Gasteiger partial charge in [-0.25, -0.2) is 10.9 Å². The molecule has 2 aromatic carbocycles. The summed E-state index contributed by atoms with van der Waals surface area (Å²) in [6, 6.07) is 13.0. The summed E-state index contributed by atoms with van der Waals surface area (Å²) in [5, 5.41) is 2.94. The number of hydrazine groups is 3. The van der Waals surface area contributed by atoms with Crippen LogP contribution in [0.4, 0.5) is 5.69 Å². The van der Waals surface area contributed by atoms with Gasteiger partial charge in [-0.3, -0.25) is 4.79 Å². The summed E-state index contributed by atoms with van der Waals surface area (Å²) in [6.07, 6.45) is 3.92. The number of anilines is 1. The van der Waals surface area contributed by atoms with Crippen molar-refractivity contribution in [2.75, 3.05) is 5.32 Å². The predicted molar refractivity (Wildman–Crippen MR) is 98.6 cm³/mol. The molecule has 2 aromatic rings. The second-order valence-electron chi connectivity index (χ2n) is 7.03. The van der Waals surface area contributed by atoms with Gasteiger partial charge in [0.05, 0.1) is 0 Å². The van der Waals surface area contributed by atoms with Crippen molar-refractivity contribution < 1.29 is 14.3 Å². The molecule has 0 unspecified atom stereocenters. The fourth-order valence-electron chi connectivity index (χ4n) is 3.77. The molecule has 2 heterocycles. The molecule has 0 aromatic heterocycles. The van der Waals surface area contributed by atoms with Gasteiger partial charge in [0, 0.05) is 30.2 Å². The summed E-state index contributed by atoms with van der Waals surface area (Å²) in [5.41, 5.74) is 13.7. The summed E-state index contributed by atoms with van der Waals surface area (Å²) < 4.78 is 12.1. The van der Waals surface area contributed by atoms with Crippen LogP contribution in [0, 0.1) is 0 Å². The minimum atomic E-state index is -0.497. The molecule has 27 heavy (non-hydrogen) atoms. The molecule has 0 atom stereocenters. The van der Waals surface area contributed by atoms with Crippen LogP contribution in [0.2, 0.25) is 0 Å². The van der Waals surface area contributed by atoms with E-state index < -0.39 is 5.79 Å². The zero-order valence-corrected chi connectivity index (χ0v) is 14.7. The van der Waals surface area contributed by atoms with Gasteiger partial charge in [0.25, 0.3) is 11.7 Å². The van der Waals surface area contributed by atoms with Crippen LogP contribution in [0.15, 0.2) is 42.5 Å². The van der Waals surface area contributed by atoms with E-state index >= 15 is 0 Å². The lowest BCUT2D eigenvalue weighted by Gasteiger charge is -2.21. The minimum absolute atomic E-state index is 0.120. The zero-order chi connectivity index (χ0) is 18.3. The van der Waals surface area contributed by atoms with Crippen LogP contribution >= 0.6 is 0 Å². The number of nitrogens with one attached hydrogen (secondary N) is 5. The van der Waals surface area contributed by atoms with Crippen LogP contribution in [0.3, 0.4) is 0 Å². The van der Waals surface area contributed by atoms with Crippen molar-refractivity contribution in [2.24, 2.45) is 0 Å². The Hall–Kier alpha value is -2.65. The number of hydrogen-bond acceptors (Lipinski definition) is 7. The summed E-state index contributed by atoms with van der Waals surface area (Å²) in [4.78, 5) is 12.7. The maximum Gasteiger partial charge on any atom is 0.255 e. The molecule has 5 rings (SSSR count). The summed E-state index contributed by atoms with van der Waals surface area (Å²) in [7, 11) is 0. The second kappa shape index (κ2) is 6.50. The summed E-state index contributed by atoms with van der Waals surface area (Å²) in [5.74, 6) is 0.767. The van der Waals surface area contributed by atoms with Gasteiger partial charge in [-0.1, -0.05) is 12.1 Å². The van der Waals surface area contributed by atoms with Crippen molar-refractivity contribution in [3.05, 3.63) is 53.6 Å². The third-order valence-corrected chi connectivity index (χ3v) is 5.14. The Morgan fingerprint density at radius 1 is 1.00 bits per heavy atom. The van der Waals surface area contributed by atoms with Crippen molar-refractivity contribution in [3.8, 4) is 11.5 Å². The first-order valence-electron chi connectivity index (χ1n) is 9.15. The van der Waals surface area contributed by atoms with Gasteiger partial charge in [0.1, 0.15) is 6.17 Å². The number of hydrogen-bond donors (Lipinski definition) is 5. The molecule has 1 saturated heterocycles. The van der Waals surface area contributed by atoms with Gasteiger partial charge in [0.2, 0.25) is 0 Å². The summed E-state index contributed by atoms with van der Waals surface area (Å²) >= 11 is 0. The van der Waals surface area contributed by atoms with E-state index in [0.717, 1.165) is 37.0 Å². The highest BCUT2D eigenvalue weighted by atomic mass is 16.7. The average Bonchev–Trinajstić information content (AvgIpc) is 3.43. The Kier molecular flexibility index (Phi) is 3.98. The lowest BCUT2D eigenvalue weighted by molar-refractivity contribution is -0.0716. The van der Waals surface area contributed by atoms with Crippen LogP contribution in [0.5, 0.6) is 11.5 Å². The number of carbonyl (C=O) groups excluding carboxylic acids is 1. The van der Waals surface area contributed by atoms with Crippen molar-refractivity contribution in [1.82, 2.24) is 21.9 Å². The molecule has 0 bridgehead atoms. The molecule has 0 radical (unpaired) electrons. The number of amides is 1. The van der Waals surface area contributed by atoms with Gasteiger partial charge in [-0.2, -0.15) is 11.1 Å². The van der Waals surface area contributed by atoms with Crippen LogP contribution in [0.25, 0.3) is 0 Å². The lowest BCUT2D eigenvalue weighted by atomic mass is 10.1. The zero-order valence-electron chi connectivity index (χ0n) is 14.7. The van der Waals surface area contributed by atoms with Crippen molar-refractivity contribution in [3.63, 3.8) is 0 Å². The first-order chi connectivity index (χ1) is 13.2. The van der Waals surface area contributed by atoms with Crippen molar-refractivity contribution >= 4 is 11.6 Å². The Morgan fingerprint density at radius 2 is 1.78 bits per heavy atom. The molecule has 5 N–H and O–H groups in total. The van der Waals surface area contributed by atoms with E-state index in [-0.39, 0.29) is 12.1 Å². The standard InChI is InChI=1S/C19H21N5O3/c25-18(13-5-3-4-12(10-13)17-21-23-24-22-17)20-14-6-7-15-16(11-14)27-19(26-15)8-1-2-9-19/h3-7,10-11,17,21-24H,1-2,8-9H2,(H,20,25). The average molecular weight is 367 g/mol. The van der Waals surface area contributed by atoms with Crippen LogP contribution in [0.1, 0.15) is 47.8 Å². The minimum Gasteiger partial charge on any atom is -0.448 e. The fraction of sp³-hybridized carbons (Fsp3) is 0.316. The third kappa shape index (κ3) is 3.13. The SMILES string of the molecule is O=C(Nc1ccc2c(c1)OC1(CCCC1)O2)c1cccc(C2NNNN2)c1. The van der Waals surface area contributed by atoms with Crippen LogP contribution in [-0.4, -0.2) is 11.7 Å². The smallest absolute Gasteiger partial charge is 0.255 e. The number of rotatable bonds is 3. The maximum absolute atomic E-state index is 12.7. The molecule has 140 valence electrons. The molecule has 1 saturated carbocycles. The van der Waals surface area contributed by atoms with E-state index in [0.29, 0.717) is 17.0 Å². The normalized spacial score (nSPS) is 20.3. The van der Waals surface area contributed by atoms with E-state index in [2.05, 4.69) is 27.2 Å². The highest BCUT2D eigenvalue weighted by molar-refractivity contribution is 6.04. The van der Waals surface area contributed by atoms with E-state index in [9.17, 15) is 4.79 Å². The molecule has 1 aliphatic carbocycles. The first-order valence-corrected chi connectivity index (χ1v) is 9.15. The van der Waals surface area contributed by atoms with Gasteiger partial charge >= 0.3 is 0 Å². The first kappa shape index (κ1) is 16.5. The van der Waals surface area contributed by atoms with E-state index in [4.69, 9.17) is 9.47 Å². The van der Waals surface area contributed by atoms with Gasteiger partial charge in [-0.15, -0.1) is 0 Å². The quantitative estimate of drug-likeness (QED) is 0.567. The maximum atomic E-state index is 12.7. The van der Waals surface area contributed by atoms with Crippen LogP contribution < -0.4 is 36.7 Å². The predicted octanol–water partition coefficient (Wildman–Crippen LogP) is 2.10. The molecule has 3 aliphatic rings. The second-order valence-corrected chi connectivity index (χ2v) is 7.03. The van der Waals surface area contributed by atoms with Crippen LogP contribution in [-0.2, 0) is 0 Å². The lowest BCUT2D eigenvalue weighted by Crippen LogP contribution is -2.34. The fourth-order valence-corrected chi connectivity index (χ4v) is 3.77. The number of carbonyl (C=O) groups is 1. The molecule has 1 amide bonds. The largest absolute Gasteiger partial charge is 0.448 e.